The molecule has 0 fully saturated rings. The first-order valence-corrected chi connectivity index (χ1v) is 10.0. The minimum atomic E-state index is -1.31. The van der Waals surface area contributed by atoms with E-state index in [0.717, 1.165) is 23.4 Å². The molecule has 0 saturated heterocycles. The maximum Gasteiger partial charge on any atom is 0.319 e. The zero-order valence-corrected chi connectivity index (χ0v) is 17.3. The van der Waals surface area contributed by atoms with Crippen molar-refractivity contribution in [2.75, 3.05) is 25.1 Å². The Morgan fingerprint density at radius 2 is 1.78 bits per heavy atom. The number of aliphatic hydroxyl groups is 1. The number of urea groups is 1. The predicted octanol–water partition coefficient (Wildman–Crippen LogP) is 4.42. The van der Waals surface area contributed by atoms with Crippen molar-refractivity contribution in [3.63, 3.8) is 0 Å². The maximum absolute atomic E-state index is 13.7. The highest BCUT2D eigenvalue weighted by Gasteiger charge is 2.14. The van der Waals surface area contributed by atoms with Gasteiger partial charge in [0.15, 0.2) is 0 Å². The Labute approximate surface area is 184 Å². The number of aliphatic hydroxyl groups excluding tert-OH is 1. The van der Waals surface area contributed by atoms with E-state index in [-0.39, 0.29) is 12.1 Å². The van der Waals surface area contributed by atoms with Gasteiger partial charge in [-0.2, -0.15) is 0 Å². The monoisotopic (exact) mass is 442 g/mol. The summed E-state index contributed by atoms with van der Waals surface area (Å²) in [6.45, 7) is 0.933. The van der Waals surface area contributed by atoms with Gasteiger partial charge in [0.25, 0.3) is 0 Å². The third-order valence-corrected chi connectivity index (χ3v) is 4.47. The van der Waals surface area contributed by atoms with Crippen LogP contribution in [-0.4, -0.2) is 30.9 Å². The minimum absolute atomic E-state index is 0.0953. The minimum Gasteiger partial charge on any atom is -0.491 e. The van der Waals surface area contributed by atoms with Crippen LogP contribution >= 0.6 is 0 Å². The van der Waals surface area contributed by atoms with E-state index in [1.165, 1.54) is 0 Å². The van der Waals surface area contributed by atoms with E-state index < -0.39 is 23.8 Å². The van der Waals surface area contributed by atoms with E-state index in [1.54, 1.807) is 18.2 Å². The lowest BCUT2D eigenvalue weighted by atomic mass is 10.1. The molecule has 6 nitrogen and oxygen atoms in total. The summed E-state index contributed by atoms with van der Waals surface area (Å²) in [6, 6.07) is 18.8. The van der Waals surface area contributed by atoms with Crippen molar-refractivity contribution < 1.29 is 28.2 Å². The first-order valence-electron chi connectivity index (χ1n) is 10.0. The number of anilines is 1. The number of amides is 2. The maximum atomic E-state index is 13.7. The number of ether oxygens (including phenoxy) is 2. The molecule has 0 saturated carbocycles. The van der Waals surface area contributed by atoms with Crippen LogP contribution in [0.1, 0.15) is 17.2 Å². The summed E-state index contributed by atoms with van der Waals surface area (Å²) >= 11 is 0. The van der Waals surface area contributed by atoms with Gasteiger partial charge in [-0.1, -0.05) is 36.4 Å². The molecule has 0 spiro atoms. The summed E-state index contributed by atoms with van der Waals surface area (Å²) in [4.78, 5) is 12.1. The van der Waals surface area contributed by atoms with E-state index in [1.807, 2.05) is 36.4 Å². The molecular formula is C24H24F2N2O4. The van der Waals surface area contributed by atoms with Gasteiger partial charge in [-0.05, 0) is 35.9 Å². The number of para-hydroxylation sites is 1. The van der Waals surface area contributed by atoms with E-state index in [4.69, 9.17) is 9.47 Å². The van der Waals surface area contributed by atoms with E-state index in [0.29, 0.717) is 31.6 Å². The second-order valence-corrected chi connectivity index (χ2v) is 6.93. The fourth-order valence-electron chi connectivity index (χ4n) is 2.91. The SMILES string of the molecule is O=C(NCC(O)c1ccc(F)cc1F)Nc1cccc(COCCOc2ccccc2)c1. The Morgan fingerprint density at radius 1 is 0.969 bits per heavy atom. The molecule has 0 aliphatic rings. The molecule has 1 atom stereocenters. The number of carbonyl (C=O) groups is 1. The summed E-state index contributed by atoms with van der Waals surface area (Å²) in [5.74, 6) is -0.834. The molecule has 8 heteroatoms. The molecular weight excluding hydrogens is 418 g/mol. The average molecular weight is 442 g/mol. The van der Waals surface area contributed by atoms with Crippen LogP contribution in [-0.2, 0) is 11.3 Å². The van der Waals surface area contributed by atoms with Gasteiger partial charge in [0.05, 0.1) is 19.3 Å². The normalized spacial score (nSPS) is 11.6. The van der Waals surface area contributed by atoms with Crippen LogP contribution in [0.2, 0.25) is 0 Å². The average Bonchev–Trinajstić information content (AvgIpc) is 2.78. The number of hydrogen-bond donors (Lipinski definition) is 3. The van der Waals surface area contributed by atoms with Crippen molar-refractivity contribution in [2.24, 2.45) is 0 Å². The second kappa shape index (κ2) is 11.8. The number of rotatable bonds is 10. The van der Waals surface area contributed by atoms with Gasteiger partial charge in [0.1, 0.15) is 24.0 Å². The Morgan fingerprint density at radius 3 is 2.56 bits per heavy atom. The molecule has 168 valence electrons. The van der Waals surface area contributed by atoms with Gasteiger partial charge in [-0.3, -0.25) is 0 Å². The van der Waals surface area contributed by atoms with Crippen molar-refractivity contribution >= 4 is 11.7 Å². The lowest BCUT2D eigenvalue weighted by Crippen LogP contribution is -2.32. The van der Waals surface area contributed by atoms with E-state index in [2.05, 4.69) is 10.6 Å². The van der Waals surface area contributed by atoms with Crippen molar-refractivity contribution in [1.29, 1.82) is 0 Å². The van der Waals surface area contributed by atoms with Gasteiger partial charge < -0.3 is 25.2 Å². The molecule has 32 heavy (non-hydrogen) atoms. The van der Waals surface area contributed by atoms with Crippen LogP contribution in [0, 0.1) is 11.6 Å². The molecule has 2 amide bonds. The topological polar surface area (TPSA) is 79.8 Å². The smallest absolute Gasteiger partial charge is 0.319 e. The van der Waals surface area contributed by atoms with Gasteiger partial charge in [-0.15, -0.1) is 0 Å². The largest absolute Gasteiger partial charge is 0.491 e. The molecule has 0 radical (unpaired) electrons. The second-order valence-electron chi connectivity index (χ2n) is 6.93. The van der Waals surface area contributed by atoms with Crippen LogP contribution in [0.3, 0.4) is 0 Å². The molecule has 3 aromatic rings. The molecule has 0 heterocycles. The number of carbonyl (C=O) groups excluding carboxylic acids is 1. The number of hydrogen-bond acceptors (Lipinski definition) is 4. The van der Waals surface area contributed by atoms with Crippen molar-refractivity contribution in [1.82, 2.24) is 5.32 Å². The lowest BCUT2D eigenvalue weighted by molar-refractivity contribution is 0.0889. The molecule has 0 aliphatic carbocycles. The highest BCUT2D eigenvalue weighted by atomic mass is 19.1. The Hall–Kier alpha value is -3.49. The summed E-state index contributed by atoms with van der Waals surface area (Å²) in [6.07, 6.45) is -1.31. The van der Waals surface area contributed by atoms with Crippen LogP contribution in [0.15, 0.2) is 72.8 Å². The Balaban J connectivity index is 1.40. The summed E-state index contributed by atoms with van der Waals surface area (Å²) in [7, 11) is 0. The van der Waals surface area contributed by atoms with Gasteiger partial charge in [0, 0.05) is 23.9 Å². The number of benzene rings is 3. The zero-order valence-electron chi connectivity index (χ0n) is 17.3. The highest BCUT2D eigenvalue weighted by Crippen LogP contribution is 2.17. The summed E-state index contributed by atoms with van der Waals surface area (Å²) in [5, 5.41) is 15.1. The molecule has 3 N–H and O–H groups in total. The fourth-order valence-corrected chi connectivity index (χ4v) is 2.91. The fraction of sp³-hybridized carbons (Fsp3) is 0.208. The van der Waals surface area contributed by atoms with Crippen molar-refractivity contribution in [3.8, 4) is 5.75 Å². The van der Waals surface area contributed by atoms with Crippen LogP contribution in [0.25, 0.3) is 0 Å². The Bertz CT molecular complexity index is 1020. The Kier molecular flexibility index (Phi) is 8.53. The van der Waals surface area contributed by atoms with Gasteiger partial charge in [-0.25, -0.2) is 13.6 Å². The van der Waals surface area contributed by atoms with Crippen molar-refractivity contribution in [3.05, 3.63) is 95.6 Å². The molecule has 3 rings (SSSR count). The van der Waals surface area contributed by atoms with Crippen molar-refractivity contribution in [2.45, 2.75) is 12.7 Å². The molecule has 0 aromatic heterocycles. The zero-order chi connectivity index (χ0) is 22.8. The van der Waals surface area contributed by atoms with Gasteiger partial charge in [0.2, 0.25) is 0 Å². The van der Waals surface area contributed by atoms with Crippen LogP contribution < -0.4 is 15.4 Å². The first-order chi connectivity index (χ1) is 15.5. The predicted molar refractivity (Wildman–Crippen MR) is 116 cm³/mol. The third kappa shape index (κ3) is 7.33. The summed E-state index contributed by atoms with van der Waals surface area (Å²) < 4.78 is 37.8. The first kappa shape index (κ1) is 23.2. The summed E-state index contributed by atoms with van der Waals surface area (Å²) in [5.41, 5.74) is 1.30. The van der Waals surface area contributed by atoms with E-state index >= 15 is 0 Å². The quantitative estimate of drug-likeness (QED) is 0.406. The lowest BCUT2D eigenvalue weighted by Gasteiger charge is -2.14. The molecule has 0 bridgehead atoms. The molecule has 1 unspecified atom stereocenters. The van der Waals surface area contributed by atoms with Crippen LogP contribution in [0.5, 0.6) is 5.75 Å². The third-order valence-electron chi connectivity index (χ3n) is 4.47. The molecule has 0 aliphatic heterocycles. The van der Waals surface area contributed by atoms with E-state index in [9.17, 15) is 18.7 Å². The number of halogens is 2. The van der Waals surface area contributed by atoms with Crippen LogP contribution in [0.4, 0.5) is 19.3 Å². The number of nitrogens with one attached hydrogen (secondary N) is 2. The van der Waals surface area contributed by atoms with Gasteiger partial charge >= 0.3 is 6.03 Å². The highest BCUT2D eigenvalue weighted by molar-refractivity contribution is 5.89. The standard InChI is InChI=1S/C24H24F2N2O4/c25-18-9-10-21(22(26)14-18)23(29)15-27-24(30)28-19-6-4-5-17(13-19)16-31-11-12-32-20-7-2-1-3-8-20/h1-10,13-14,23,29H,11-12,15-16H2,(H2,27,28,30). The molecule has 3 aromatic carbocycles.